The van der Waals surface area contributed by atoms with Crippen LogP contribution in [0.2, 0.25) is 0 Å². The summed E-state index contributed by atoms with van der Waals surface area (Å²) in [5.41, 5.74) is 1.73. The Morgan fingerprint density at radius 1 is 1.20 bits per heavy atom. The maximum Gasteiger partial charge on any atom is 0.186 e. The van der Waals surface area contributed by atoms with Crippen LogP contribution < -0.4 is 9.47 Å². The summed E-state index contributed by atoms with van der Waals surface area (Å²) < 4.78 is 11.3. The van der Waals surface area contributed by atoms with Gasteiger partial charge in [0.05, 0.1) is 17.7 Å². The average molecular weight is 211 g/mol. The van der Waals surface area contributed by atoms with Crippen molar-refractivity contribution in [3.63, 3.8) is 0 Å². The van der Waals surface area contributed by atoms with Gasteiger partial charge >= 0.3 is 0 Å². The molecule has 0 amide bonds. The highest BCUT2D eigenvalue weighted by Crippen LogP contribution is 2.20. The average Bonchev–Trinajstić information content (AvgIpc) is 2.15. The summed E-state index contributed by atoms with van der Waals surface area (Å²) in [7, 11) is 1.67. The first kappa shape index (κ1) is 11.8. The number of pyridine rings is 1. The molecule has 0 aliphatic carbocycles. The summed E-state index contributed by atoms with van der Waals surface area (Å²) in [6.07, 6.45) is 3.87. The molecule has 15 heavy (non-hydrogen) atoms. The molecule has 0 atom stereocenters. The van der Waals surface area contributed by atoms with E-state index in [0.29, 0.717) is 13.2 Å². The first-order valence-electron chi connectivity index (χ1n) is 4.97. The first-order valence-corrected chi connectivity index (χ1v) is 4.97. The molecule has 1 rings (SSSR count). The molecule has 84 valence electrons. The molecule has 0 aromatic carbocycles. The zero-order valence-corrected chi connectivity index (χ0v) is 9.45. The Morgan fingerprint density at radius 3 is 2.33 bits per heavy atom. The van der Waals surface area contributed by atoms with Gasteiger partial charge in [-0.25, -0.2) is 0 Å². The van der Waals surface area contributed by atoms with E-state index in [0.717, 1.165) is 28.0 Å². The Balaban J connectivity index is 2.60. The van der Waals surface area contributed by atoms with Gasteiger partial charge in [0.15, 0.2) is 12.4 Å². The van der Waals surface area contributed by atoms with Crippen molar-refractivity contribution >= 4 is 0 Å². The molecule has 4 heteroatoms. The summed E-state index contributed by atoms with van der Waals surface area (Å²) in [5.74, 6) is 0.804. The first-order chi connectivity index (χ1) is 7.15. The van der Waals surface area contributed by atoms with Crippen molar-refractivity contribution in [2.75, 3.05) is 20.3 Å². The van der Waals surface area contributed by atoms with E-state index in [9.17, 15) is 5.21 Å². The van der Waals surface area contributed by atoms with Gasteiger partial charge in [-0.15, -0.1) is 0 Å². The third kappa shape index (κ3) is 3.40. The van der Waals surface area contributed by atoms with E-state index in [1.807, 2.05) is 13.8 Å². The molecule has 1 aromatic heterocycles. The highest BCUT2D eigenvalue weighted by atomic mass is 16.5. The van der Waals surface area contributed by atoms with Crippen LogP contribution in [0.25, 0.3) is 0 Å². The van der Waals surface area contributed by atoms with E-state index < -0.39 is 0 Å². The fourth-order valence-electron chi connectivity index (χ4n) is 1.45. The van der Waals surface area contributed by atoms with E-state index in [1.165, 1.54) is 12.4 Å². The molecule has 0 radical (unpaired) electrons. The fraction of sp³-hybridized carbons (Fsp3) is 0.545. The van der Waals surface area contributed by atoms with E-state index in [-0.39, 0.29) is 0 Å². The number of hydrogen-bond acceptors (Lipinski definition) is 3. The molecular weight excluding hydrogens is 194 g/mol. The predicted octanol–water partition coefficient (Wildman–Crippen LogP) is 1.35. The number of hydrogen-bond donors (Lipinski definition) is 0. The molecule has 0 aliphatic rings. The Morgan fingerprint density at radius 2 is 1.80 bits per heavy atom. The van der Waals surface area contributed by atoms with E-state index in [4.69, 9.17) is 9.47 Å². The number of ether oxygens (including phenoxy) is 2. The molecule has 0 bridgehead atoms. The predicted molar refractivity (Wildman–Crippen MR) is 56.9 cm³/mol. The van der Waals surface area contributed by atoms with Crippen LogP contribution in [0.15, 0.2) is 12.4 Å². The molecule has 0 unspecified atom stereocenters. The van der Waals surface area contributed by atoms with Gasteiger partial charge in [0, 0.05) is 20.1 Å². The number of methoxy groups -OCH3 is 1. The Bertz CT molecular complexity index is 303. The highest BCUT2D eigenvalue weighted by molar-refractivity contribution is 5.34. The summed E-state index contributed by atoms with van der Waals surface area (Å²) in [6, 6.07) is 0. The normalized spacial score (nSPS) is 10.3. The van der Waals surface area contributed by atoms with Crippen LogP contribution in [0.3, 0.4) is 0 Å². The third-order valence-corrected chi connectivity index (χ3v) is 2.10. The summed E-state index contributed by atoms with van der Waals surface area (Å²) in [4.78, 5) is 0. The van der Waals surface area contributed by atoms with Crippen LogP contribution in [-0.2, 0) is 4.74 Å². The summed E-state index contributed by atoms with van der Waals surface area (Å²) in [6.45, 7) is 5.03. The van der Waals surface area contributed by atoms with Crippen molar-refractivity contribution in [3.8, 4) is 5.75 Å². The summed E-state index contributed by atoms with van der Waals surface area (Å²) in [5, 5.41) is 11.1. The van der Waals surface area contributed by atoms with Crippen molar-refractivity contribution < 1.29 is 14.2 Å². The zero-order valence-electron chi connectivity index (χ0n) is 9.45. The van der Waals surface area contributed by atoms with Crippen LogP contribution in [0.5, 0.6) is 5.75 Å². The highest BCUT2D eigenvalue weighted by Gasteiger charge is 2.08. The second-order valence-corrected chi connectivity index (χ2v) is 3.51. The van der Waals surface area contributed by atoms with Gasteiger partial charge in [0.25, 0.3) is 0 Å². The van der Waals surface area contributed by atoms with Crippen molar-refractivity contribution in [2.45, 2.75) is 20.3 Å². The lowest BCUT2D eigenvalue weighted by atomic mass is 10.2. The van der Waals surface area contributed by atoms with Crippen molar-refractivity contribution in [1.29, 1.82) is 0 Å². The Hall–Kier alpha value is -1.29. The van der Waals surface area contributed by atoms with Gasteiger partial charge in [-0.3, -0.25) is 0 Å². The zero-order chi connectivity index (χ0) is 11.3. The molecule has 0 aliphatic heterocycles. The van der Waals surface area contributed by atoms with E-state index in [2.05, 4.69) is 0 Å². The molecule has 0 fully saturated rings. The number of rotatable bonds is 5. The lowest BCUT2D eigenvalue weighted by molar-refractivity contribution is -0.606. The smallest absolute Gasteiger partial charge is 0.186 e. The monoisotopic (exact) mass is 211 g/mol. The van der Waals surface area contributed by atoms with Gasteiger partial charge in [-0.2, -0.15) is 4.73 Å². The van der Waals surface area contributed by atoms with Gasteiger partial charge in [-0.05, 0) is 13.8 Å². The number of aryl methyl sites for hydroxylation is 2. The maximum absolute atomic E-state index is 11.1. The number of aromatic nitrogens is 1. The van der Waals surface area contributed by atoms with Crippen molar-refractivity contribution in [2.24, 2.45) is 0 Å². The van der Waals surface area contributed by atoms with Crippen LogP contribution >= 0.6 is 0 Å². The van der Waals surface area contributed by atoms with Gasteiger partial charge in [0.2, 0.25) is 0 Å². The van der Waals surface area contributed by atoms with Gasteiger partial charge in [-0.1, -0.05) is 0 Å². The standard InChI is InChI=1S/C11H17NO3/c1-9-7-12(13)8-10(2)11(9)15-6-4-5-14-3/h7-8H,4-6H2,1-3H3. The molecule has 1 aromatic rings. The minimum atomic E-state index is 0.610. The van der Waals surface area contributed by atoms with Crippen LogP contribution in [0.4, 0.5) is 0 Å². The fourth-order valence-corrected chi connectivity index (χ4v) is 1.45. The molecule has 0 saturated heterocycles. The SMILES string of the molecule is COCCCOc1c(C)c[n+]([O-])cc1C. The molecule has 0 saturated carbocycles. The quantitative estimate of drug-likeness (QED) is 0.419. The third-order valence-electron chi connectivity index (χ3n) is 2.10. The van der Waals surface area contributed by atoms with E-state index >= 15 is 0 Å². The maximum atomic E-state index is 11.1. The Kier molecular flexibility index (Phi) is 4.37. The minimum absolute atomic E-state index is 0.610. The second kappa shape index (κ2) is 5.56. The molecule has 4 nitrogen and oxygen atoms in total. The number of nitrogens with zero attached hydrogens (tertiary/aromatic N) is 1. The Labute approximate surface area is 90.0 Å². The lowest BCUT2D eigenvalue weighted by Crippen LogP contribution is -2.26. The summed E-state index contributed by atoms with van der Waals surface area (Å²) >= 11 is 0. The van der Waals surface area contributed by atoms with Crippen LogP contribution in [0.1, 0.15) is 17.5 Å². The largest absolute Gasteiger partial charge is 0.619 e. The molecule has 0 N–H and O–H groups in total. The van der Waals surface area contributed by atoms with Crippen molar-refractivity contribution in [1.82, 2.24) is 0 Å². The van der Waals surface area contributed by atoms with Crippen LogP contribution in [-0.4, -0.2) is 20.3 Å². The molecular formula is C11H17NO3. The topological polar surface area (TPSA) is 45.4 Å². The van der Waals surface area contributed by atoms with Crippen molar-refractivity contribution in [3.05, 3.63) is 28.7 Å². The lowest BCUT2D eigenvalue weighted by Gasteiger charge is -2.10. The second-order valence-electron chi connectivity index (χ2n) is 3.51. The molecule has 0 spiro atoms. The van der Waals surface area contributed by atoms with Crippen LogP contribution in [0, 0.1) is 19.1 Å². The minimum Gasteiger partial charge on any atom is -0.619 e. The van der Waals surface area contributed by atoms with E-state index in [1.54, 1.807) is 7.11 Å². The van der Waals surface area contributed by atoms with Gasteiger partial charge < -0.3 is 14.7 Å². The van der Waals surface area contributed by atoms with Gasteiger partial charge in [0.1, 0.15) is 5.75 Å². The molecule has 1 heterocycles.